The first kappa shape index (κ1) is 14.8. The van der Waals surface area contributed by atoms with Gasteiger partial charge in [-0.15, -0.1) is 0 Å². The first-order valence-corrected chi connectivity index (χ1v) is 7.83. The van der Waals surface area contributed by atoms with E-state index in [0.29, 0.717) is 5.92 Å². The van der Waals surface area contributed by atoms with Crippen molar-refractivity contribution in [3.05, 3.63) is 35.4 Å². The van der Waals surface area contributed by atoms with E-state index in [1.54, 1.807) is 0 Å². The number of anilines is 1. The Morgan fingerprint density at radius 3 is 2.65 bits per heavy atom. The van der Waals surface area contributed by atoms with Crippen molar-refractivity contribution in [2.75, 3.05) is 11.9 Å². The molecule has 20 heavy (non-hydrogen) atoms. The van der Waals surface area contributed by atoms with E-state index in [9.17, 15) is 0 Å². The SMILES string of the molecule is CC(C)c1ccc2cc3c(nc2c1)NCCC3.CCC. The van der Waals surface area contributed by atoms with Gasteiger partial charge in [0.25, 0.3) is 0 Å². The second-order valence-electron chi connectivity index (χ2n) is 5.84. The molecule has 0 atom stereocenters. The molecule has 2 heteroatoms. The van der Waals surface area contributed by atoms with Gasteiger partial charge in [-0.2, -0.15) is 0 Å². The summed E-state index contributed by atoms with van der Waals surface area (Å²) in [5.74, 6) is 1.65. The summed E-state index contributed by atoms with van der Waals surface area (Å²) in [4.78, 5) is 4.75. The van der Waals surface area contributed by atoms with E-state index in [1.165, 1.54) is 29.4 Å². The third-order valence-corrected chi connectivity index (χ3v) is 3.50. The molecule has 1 N–H and O–H groups in total. The Kier molecular flexibility index (Phi) is 4.99. The Morgan fingerprint density at radius 1 is 1.20 bits per heavy atom. The molecule has 0 spiro atoms. The van der Waals surface area contributed by atoms with Crippen LogP contribution in [0, 0.1) is 0 Å². The number of aryl methyl sites for hydroxylation is 1. The molecule has 1 aromatic heterocycles. The van der Waals surface area contributed by atoms with Gasteiger partial charge in [0, 0.05) is 11.9 Å². The molecule has 2 nitrogen and oxygen atoms in total. The molecule has 0 amide bonds. The van der Waals surface area contributed by atoms with Crippen LogP contribution in [0.1, 0.15) is 57.6 Å². The van der Waals surface area contributed by atoms with Gasteiger partial charge in [0.05, 0.1) is 5.52 Å². The molecule has 0 radical (unpaired) electrons. The highest BCUT2D eigenvalue weighted by molar-refractivity contribution is 5.82. The molecule has 1 aliphatic rings. The van der Waals surface area contributed by atoms with Gasteiger partial charge in [-0.25, -0.2) is 4.98 Å². The first-order chi connectivity index (χ1) is 9.65. The van der Waals surface area contributed by atoms with Gasteiger partial charge in [0.2, 0.25) is 0 Å². The van der Waals surface area contributed by atoms with Crippen LogP contribution in [0.4, 0.5) is 5.82 Å². The zero-order chi connectivity index (χ0) is 14.5. The number of aromatic nitrogens is 1. The average Bonchev–Trinajstić information content (AvgIpc) is 2.45. The monoisotopic (exact) mass is 270 g/mol. The predicted molar refractivity (Wildman–Crippen MR) is 88.6 cm³/mol. The lowest BCUT2D eigenvalue weighted by molar-refractivity contribution is 0.821. The normalized spacial score (nSPS) is 13.4. The third kappa shape index (κ3) is 3.30. The standard InChI is InChI=1S/C15H18N2.C3H8/c1-10(2)11-5-6-12-8-13-4-3-7-16-15(13)17-14(12)9-11;1-3-2/h5-6,8-10H,3-4,7H2,1-2H3,(H,16,17);3H2,1-2H3. The van der Waals surface area contributed by atoms with Crippen molar-refractivity contribution in [3.8, 4) is 0 Å². The van der Waals surface area contributed by atoms with Crippen LogP contribution in [0.15, 0.2) is 24.3 Å². The number of rotatable bonds is 1. The van der Waals surface area contributed by atoms with Gasteiger partial charge >= 0.3 is 0 Å². The molecule has 3 rings (SSSR count). The summed E-state index contributed by atoms with van der Waals surface area (Å²) in [7, 11) is 0. The van der Waals surface area contributed by atoms with Crippen LogP contribution in [-0.4, -0.2) is 11.5 Å². The average molecular weight is 270 g/mol. The summed E-state index contributed by atoms with van der Waals surface area (Å²) in [5.41, 5.74) is 3.84. The predicted octanol–water partition coefficient (Wildman–Crippen LogP) is 5.13. The number of nitrogens with zero attached hydrogens (tertiary/aromatic N) is 1. The van der Waals surface area contributed by atoms with E-state index < -0.39 is 0 Å². The van der Waals surface area contributed by atoms with Crippen LogP contribution < -0.4 is 5.32 Å². The molecule has 0 fully saturated rings. The number of nitrogens with one attached hydrogen (secondary N) is 1. The quantitative estimate of drug-likeness (QED) is 0.776. The van der Waals surface area contributed by atoms with E-state index in [1.807, 2.05) is 0 Å². The Hall–Kier alpha value is -1.57. The van der Waals surface area contributed by atoms with Gasteiger partial charge in [-0.3, -0.25) is 0 Å². The zero-order valence-corrected chi connectivity index (χ0v) is 13.2. The molecule has 0 saturated heterocycles. The van der Waals surface area contributed by atoms with Crippen LogP contribution in [0.3, 0.4) is 0 Å². The highest BCUT2D eigenvalue weighted by Crippen LogP contribution is 2.26. The van der Waals surface area contributed by atoms with Crippen molar-refractivity contribution in [1.82, 2.24) is 4.98 Å². The Balaban J connectivity index is 0.000000452. The molecule has 1 aliphatic heterocycles. The minimum Gasteiger partial charge on any atom is -0.370 e. The highest BCUT2D eigenvalue weighted by Gasteiger charge is 2.11. The molecule has 2 heterocycles. The topological polar surface area (TPSA) is 24.9 Å². The number of pyridine rings is 1. The van der Waals surface area contributed by atoms with E-state index in [-0.39, 0.29) is 0 Å². The molecule has 108 valence electrons. The molecule has 0 aliphatic carbocycles. The second-order valence-corrected chi connectivity index (χ2v) is 5.84. The van der Waals surface area contributed by atoms with Crippen LogP contribution >= 0.6 is 0 Å². The minimum absolute atomic E-state index is 0.560. The first-order valence-electron chi connectivity index (χ1n) is 7.83. The maximum atomic E-state index is 4.75. The smallest absolute Gasteiger partial charge is 0.129 e. The summed E-state index contributed by atoms with van der Waals surface area (Å²) in [6.07, 6.45) is 3.61. The summed E-state index contributed by atoms with van der Waals surface area (Å²) in [5, 5.41) is 4.65. The molecule has 0 bridgehead atoms. The van der Waals surface area contributed by atoms with Crippen molar-refractivity contribution in [2.24, 2.45) is 0 Å². The summed E-state index contributed by atoms with van der Waals surface area (Å²) in [6.45, 7) is 9.74. The molecule has 1 aromatic carbocycles. The van der Waals surface area contributed by atoms with E-state index in [0.717, 1.165) is 24.3 Å². The maximum absolute atomic E-state index is 4.75. The maximum Gasteiger partial charge on any atom is 0.129 e. The molecular formula is C18H26N2. The van der Waals surface area contributed by atoms with Crippen molar-refractivity contribution in [3.63, 3.8) is 0 Å². The van der Waals surface area contributed by atoms with E-state index in [4.69, 9.17) is 4.98 Å². The lowest BCUT2D eigenvalue weighted by Gasteiger charge is -2.17. The van der Waals surface area contributed by atoms with Gasteiger partial charge in [-0.1, -0.05) is 46.2 Å². The Morgan fingerprint density at radius 2 is 1.95 bits per heavy atom. The third-order valence-electron chi connectivity index (χ3n) is 3.50. The van der Waals surface area contributed by atoms with Crippen LogP contribution in [0.5, 0.6) is 0 Å². The molecule has 0 unspecified atom stereocenters. The molecule has 0 saturated carbocycles. The van der Waals surface area contributed by atoms with Gasteiger partial charge in [0.1, 0.15) is 5.82 Å². The Labute approximate surface area is 122 Å². The lowest BCUT2D eigenvalue weighted by Crippen LogP contribution is -2.13. The number of fused-ring (bicyclic) bond motifs is 2. The van der Waals surface area contributed by atoms with Crippen molar-refractivity contribution in [2.45, 2.75) is 52.9 Å². The molecule has 2 aromatic rings. The summed E-state index contributed by atoms with van der Waals surface area (Å²) >= 11 is 0. The fourth-order valence-electron chi connectivity index (χ4n) is 2.42. The van der Waals surface area contributed by atoms with Crippen molar-refractivity contribution in [1.29, 1.82) is 0 Å². The van der Waals surface area contributed by atoms with Crippen molar-refractivity contribution < 1.29 is 0 Å². The largest absolute Gasteiger partial charge is 0.370 e. The Bertz CT molecular complexity index is 573. The van der Waals surface area contributed by atoms with Gasteiger partial charge in [-0.05, 0) is 42.0 Å². The zero-order valence-electron chi connectivity index (χ0n) is 13.2. The van der Waals surface area contributed by atoms with Gasteiger partial charge in [0.15, 0.2) is 0 Å². The summed E-state index contributed by atoms with van der Waals surface area (Å²) < 4.78 is 0. The lowest BCUT2D eigenvalue weighted by atomic mass is 9.99. The van der Waals surface area contributed by atoms with Crippen LogP contribution in [0.25, 0.3) is 10.9 Å². The van der Waals surface area contributed by atoms with Crippen LogP contribution in [-0.2, 0) is 6.42 Å². The minimum atomic E-state index is 0.560. The summed E-state index contributed by atoms with van der Waals surface area (Å²) in [6, 6.07) is 8.92. The van der Waals surface area contributed by atoms with E-state index in [2.05, 4.69) is 57.3 Å². The molecular weight excluding hydrogens is 244 g/mol. The van der Waals surface area contributed by atoms with E-state index >= 15 is 0 Å². The fourth-order valence-corrected chi connectivity index (χ4v) is 2.42. The fraction of sp³-hybridized carbons (Fsp3) is 0.500. The highest BCUT2D eigenvalue weighted by atomic mass is 15.0. The second kappa shape index (κ2) is 6.74. The number of benzene rings is 1. The van der Waals surface area contributed by atoms with Crippen LogP contribution in [0.2, 0.25) is 0 Å². The number of hydrogen-bond donors (Lipinski definition) is 1. The van der Waals surface area contributed by atoms with Crippen molar-refractivity contribution >= 4 is 16.7 Å². The number of hydrogen-bond acceptors (Lipinski definition) is 2. The van der Waals surface area contributed by atoms with Gasteiger partial charge < -0.3 is 5.32 Å².